The summed E-state index contributed by atoms with van der Waals surface area (Å²) in [6.07, 6.45) is 3.02. The molecule has 2 heterocycles. The fourth-order valence-corrected chi connectivity index (χ4v) is 2.60. The van der Waals surface area contributed by atoms with Crippen LogP contribution in [0.3, 0.4) is 0 Å². The van der Waals surface area contributed by atoms with E-state index in [0.717, 1.165) is 39.2 Å². The van der Waals surface area contributed by atoms with E-state index < -0.39 is 0 Å². The molecule has 0 radical (unpaired) electrons. The van der Waals surface area contributed by atoms with Gasteiger partial charge in [0.2, 0.25) is 5.91 Å². The van der Waals surface area contributed by atoms with Gasteiger partial charge < -0.3 is 20.3 Å². The monoisotopic (exact) mass is 255 g/mol. The molecule has 1 amide bonds. The van der Waals surface area contributed by atoms with Gasteiger partial charge >= 0.3 is 0 Å². The zero-order valence-corrected chi connectivity index (χ0v) is 11.3. The molecule has 0 aromatic heterocycles. The zero-order chi connectivity index (χ0) is 12.8. The van der Waals surface area contributed by atoms with Crippen molar-refractivity contribution in [2.24, 2.45) is 5.92 Å². The van der Waals surface area contributed by atoms with Crippen LogP contribution < -0.4 is 10.6 Å². The summed E-state index contributed by atoms with van der Waals surface area (Å²) < 4.78 is 5.61. The van der Waals surface area contributed by atoms with Crippen LogP contribution in [-0.2, 0) is 9.53 Å². The predicted molar refractivity (Wildman–Crippen MR) is 70.5 cm³/mol. The quantitative estimate of drug-likeness (QED) is 0.716. The van der Waals surface area contributed by atoms with Crippen LogP contribution in [0.2, 0.25) is 0 Å². The lowest BCUT2D eigenvalue weighted by Gasteiger charge is -2.30. The molecule has 2 aliphatic rings. The average Bonchev–Trinajstić information content (AvgIpc) is 2.87. The summed E-state index contributed by atoms with van der Waals surface area (Å²) in [6, 6.07) is 0. The van der Waals surface area contributed by atoms with Crippen molar-refractivity contribution >= 4 is 5.91 Å². The normalized spacial score (nSPS) is 29.4. The van der Waals surface area contributed by atoms with Gasteiger partial charge in [0.15, 0.2) is 0 Å². The van der Waals surface area contributed by atoms with Gasteiger partial charge in [-0.25, -0.2) is 0 Å². The largest absolute Gasteiger partial charge is 0.374 e. The molecule has 2 aliphatic heterocycles. The summed E-state index contributed by atoms with van der Waals surface area (Å²) in [7, 11) is 2.09. The Morgan fingerprint density at radius 2 is 2.44 bits per heavy atom. The third kappa shape index (κ3) is 4.55. The summed E-state index contributed by atoms with van der Waals surface area (Å²) in [4.78, 5) is 14.0. The van der Waals surface area contributed by atoms with Crippen molar-refractivity contribution in [1.82, 2.24) is 15.5 Å². The van der Waals surface area contributed by atoms with Gasteiger partial charge in [-0.05, 0) is 38.9 Å². The summed E-state index contributed by atoms with van der Waals surface area (Å²) in [5.74, 6) is 0.853. The van der Waals surface area contributed by atoms with Gasteiger partial charge in [0, 0.05) is 26.1 Å². The average molecular weight is 255 g/mol. The Balaban J connectivity index is 1.56. The number of likely N-dealkylation sites (N-methyl/N-ethyl adjacent to an activating group) is 1. The predicted octanol–water partition coefficient (Wildman–Crippen LogP) is -0.177. The first-order valence-electron chi connectivity index (χ1n) is 7.01. The Bertz CT molecular complexity index is 267. The van der Waals surface area contributed by atoms with E-state index in [-0.39, 0.29) is 12.0 Å². The molecular weight excluding hydrogens is 230 g/mol. The molecule has 2 fully saturated rings. The molecule has 0 saturated carbocycles. The maximum Gasteiger partial charge on any atom is 0.220 e. The van der Waals surface area contributed by atoms with E-state index >= 15 is 0 Å². The van der Waals surface area contributed by atoms with E-state index in [1.807, 2.05) is 0 Å². The van der Waals surface area contributed by atoms with Crippen LogP contribution in [-0.4, -0.2) is 63.3 Å². The second-order valence-electron chi connectivity index (χ2n) is 5.46. The van der Waals surface area contributed by atoms with E-state index in [9.17, 15) is 4.79 Å². The number of nitrogens with one attached hydrogen (secondary N) is 2. The van der Waals surface area contributed by atoms with Crippen LogP contribution in [0.4, 0.5) is 0 Å². The second kappa shape index (κ2) is 7.07. The van der Waals surface area contributed by atoms with Crippen molar-refractivity contribution in [3.63, 3.8) is 0 Å². The lowest BCUT2D eigenvalue weighted by Crippen LogP contribution is -2.45. The topological polar surface area (TPSA) is 53.6 Å². The van der Waals surface area contributed by atoms with E-state index in [1.165, 1.54) is 6.42 Å². The lowest BCUT2D eigenvalue weighted by atomic mass is 10.0. The van der Waals surface area contributed by atoms with E-state index in [0.29, 0.717) is 18.9 Å². The van der Waals surface area contributed by atoms with Gasteiger partial charge in [-0.3, -0.25) is 4.79 Å². The molecule has 0 spiro atoms. The van der Waals surface area contributed by atoms with Gasteiger partial charge in [0.25, 0.3) is 0 Å². The molecule has 0 aromatic rings. The Labute approximate surface area is 109 Å². The SMILES string of the molecule is CN1CCOC(CNC(=O)CCC2CCNC2)C1. The first-order chi connectivity index (χ1) is 8.74. The fourth-order valence-electron chi connectivity index (χ4n) is 2.60. The van der Waals surface area contributed by atoms with E-state index in [4.69, 9.17) is 4.74 Å². The highest BCUT2D eigenvalue weighted by Crippen LogP contribution is 2.13. The Morgan fingerprint density at radius 3 is 3.17 bits per heavy atom. The summed E-state index contributed by atoms with van der Waals surface area (Å²) in [5.41, 5.74) is 0. The molecule has 2 saturated heterocycles. The number of carbonyl (C=O) groups is 1. The zero-order valence-electron chi connectivity index (χ0n) is 11.3. The first kappa shape index (κ1) is 13.8. The van der Waals surface area contributed by atoms with Gasteiger partial charge in [-0.15, -0.1) is 0 Å². The van der Waals surface area contributed by atoms with Crippen molar-refractivity contribution in [2.75, 3.05) is 46.4 Å². The van der Waals surface area contributed by atoms with Crippen LogP contribution in [0.5, 0.6) is 0 Å². The maximum atomic E-state index is 11.7. The molecular formula is C13H25N3O2. The Kier molecular flexibility index (Phi) is 5.41. The van der Waals surface area contributed by atoms with Gasteiger partial charge in [-0.1, -0.05) is 0 Å². The number of hydrogen-bond donors (Lipinski definition) is 2. The van der Waals surface area contributed by atoms with Crippen molar-refractivity contribution in [2.45, 2.75) is 25.4 Å². The minimum absolute atomic E-state index is 0.154. The number of hydrogen-bond acceptors (Lipinski definition) is 4. The van der Waals surface area contributed by atoms with Crippen LogP contribution in [0.25, 0.3) is 0 Å². The summed E-state index contributed by atoms with van der Waals surface area (Å²) in [6.45, 7) is 5.49. The number of nitrogens with zero attached hydrogens (tertiary/aromatic N) is 1. The van der Waals surface area contributed by atoms with Crippen molar-refractivity contribution in [1.29, 1.82) is 0 Å². The molecule has 5 heteroatoms. The number of morpholine rings is 1. The molecule has 2 unspecified atom stereocenters. The van der Waals surface area contributed by atoms with E-state index in [1.54, 1.807) is 0 Å². The van der Waals surface area contributed by atoms with E-state index in [2.05, 4.69) is 22.6 Å². The first-order valence-corrected chi connectivity index (χ1v) is 7.01. The third-order valence-corrected chi connectivity index (χ3v) is 3.81. The second-order valence-corrected chi connectivity index (χ2v) is 5.46. The molecule has 0 aromatic carbocycles. The molecule has 0 bridgehead atoms. The van der Waals surface area contributed by atoms with Crippen LogP contribution >= 0.6 is 0 Å². The molecule has 2 rings (SSSR count). The summed E-state index contributed by atoms with van der Waals surface area (Å²) >= 11 is 0. The van der Waals surface area contributed by atoms with Crippen LogP contribution in [0, 0.1) is 5.92 Å². The number of carbonyl (C=O) groups excluding carboxylic acids is 1. The number of ether oxygens (including phenoxy) is 1. The van der Waals surface area contributed by atoms with Crippen LogP contribution in [0.1, 0.15) is 19.3 Å². The fraction of sp³-hybridized carbons (Fsp3) is 0.923. The molecule has 0 aliphatic carbocycles. The molecule has 5 nitrogen and oxygen atoms in total. The smallest absolute Gasteiger partial charge is 0.220 e. The number of amides is 1. The minimum atomic E-state index is 0.154. The number of rotatable bonds is 5. The minimum Gasteiger partial charge on any atom is -0.374 e. The Morgan fingerprint density at radius 1 is 1.56 bits per heavy atom. The van der Waals surface area contributed by atoms with Crippen LogP contribution in [0.15, 0.2) is 0 Å². The van der Waals surface area contributed by atoms with Crippen molar-refractivity contribution < 1.29 is 9.53 Å². The Hall–Kier alpha value is -0.650. The molecule has 2 atom stereocenters. The van der Waals surface area contributed by atoms with Crippen molar-refractivity contribution in [3.05, 3.63) is 0 Å². The van der Waals surface area contributed by atoms with Crippen molar-refractivity contribution in [3.8, 4) is 0 Å². The molecule has 18 heavy (non-hydrogen) atoms. The highest BCUT2D eigenvalue weighted by molar-refractivity contribution is 5.75. The molecule has 104 valence electrons. The van der Waals surface area contributed by atoms with Gasteiger partial charge in [0.1, 0.15) is 0 Å². The third-order valence-electron chi connectivity index (χ3n) is 3.81. The van der Waals surface area contributed by atoms with Gasteiger partial charge in [0.05, 0.1) is 12.7 Å². The van der Waals surface area contributed by atoms with Gasteiger partial charge in [-0.2, -0.15) is 0 Å². The lowest BCUT2D eigenvalue weighted by molar-refractivity contribution is -0.122. The molecule has 2 N–H and O–H groups in total. The maximum absolute atomic E-state index is 11.7. The highest BCUT2D eigenvalue weighted by atomic mass is 16.5. The summed E-state index contributed by atoms with van der Waals surface area (Å²) in [5, 5.41) is 6.31. The standard InChI is InChI=1S/C13H25N3O2/c1-16-6-7-18-12(10-16)9-15-13(17)3-2-11-4-5-14-8-11/h11-12,14H,2-10H2,1H3,(H,15,17). The highest BCUT2D eigenvalue weighted by Gasteiger charge is 2.19.